The molecule has 0 aliphatic heterocycles. The number of aliphatic hydroxyl groups excluding tert-OH is 1. The van der Waals surface area contributed by atoms with Gasteiger partial charge in [0.1, 0.15) is 6.33 Å². The lowest BCUT2D eigenvalue weighted by Crippen LogP contribution is -2.05. The van der Waals surface area contributed by atoms with Crippen molar-refractivity contribution in [3.05, 3.63) is 40.9 Å². The van der Waals surface area contributed by atoms with E-state index in [0.717, 1.165) is 0 Å². The third kappa shape index (κ3) is 2.34. The predicted octanol–water partition coefficient (Wildman–Crippen LogP) is 1.20. The molecular weight excluding hydrogens is 258 g/mol. The molecule has 0 amide bonds. The maximum absolute atomic E-state index is 11.2. The standard InChI is InChI=1S/C11H10ClN3O3/c1-18-11(17)10-13-6-15(14-10)8-3-2-7(5-16)9(12)4-8/h2-4,6,16H,5H2,1H3. The van der Waals surface area contributed by atoms with Gasteiger partial charge in [0, 0.05) is 5.02 Å². The van der Waals surface area contributed by atoms with E-state index in [2.05, 4.69) is 14.8 Å². The first-order valence-corrected chi connectivity index (χ1v) is 5.43. The van der Waals surface area contributed by atoms with Crippen LogP contribution < -0.4 is 0 Å². The summed E-state index contributed by atoms with van der Waals surface area (Å²) >= 11 is 5.96. The van der Waals surface area contributed by atoms with Crippen LogP contribution in [0, 0.1) is 0 Å². The predicted molar refractivity (Wildman–Crippen MR) is 63.6 cm³/mol. The zero-order chi connectivity index (χ0) is 13.1. The normalized spacial score (nSPS) is 10.4. The van der Waals surface area contributed by atoms with Gasteiger partial charge in [-0.3, -0.25) is 0 Å². The summed E-state index contributed by atoms with van der Waals surface area (Å²) in [5, 5.41) is 13.4. The average Bonchev–Trinajstić information content (AvgIpc) is 2.87. The summed E-state index contributed by atoms with van der Waals surface area (Å²) in [7, 11) is 1.26. The van der Waals surface area contributed by atoms with Crippen LogP contribution in [0.5, 0.6) is 0 Å². The van der Waals surface area contributed by atoms with E-state index in [9.17, 15) is 4.79 Å². The number of halogens is 1. The first-order valence-electron chi connectivity index (χ1n) is 5.05. The summed E-state index contributed by atoms with van der Waals surface area (Å²) in [4.78, 5) is 15.0. The highest BCUT2D eigenvalue weighted by Gasteiger charge is 2.12. The number of carbonyl (C=O) groups excluding carboxylic acids is 1. The van der Waals surface area contributed by atoms with Crippen molar-refractivity contribution in [1.82, 2.24) is 14.8 Å². The van der Waals surface area contributed by atoms with E-state index in [1.54, 1.807) is 18.2 Å². The van der Waals surface area contributed by atoms with Crippen LogP contribution in [0.3, 0.4) is 0 Å². The minimum atomic E-state index is -0.605. The van der Waals surface area contributed by atoms with Crippen LogP contribution in [0.1, 0.15) is 16.2 Å². The van der Waals surface area contributed by atoms with Gasteiger partial charge in [0.15, 0.2) is 0 Å². The maximum Gasteiger partial charge on any atom is 0.377 e. The number of benzene rings is 1. The number of hydrogen-bond acceptors (Lipinski definition) is 5. The smallest absolute Gasteiger partial charge is 0.377 e. The van der Waals surface area contributed by atoms with E-state index in [1.165, 1.54) is 18.1 Å². The highest BCUT2D eigenvalue weighted by molar-refractivity contribution is 6.31. The molecule has 6 nitrogen and oxygen atoms in total. The number of ether oxygens (including phenoxy) is 1. The molecule has 1 heterocycles. The Labute approximate surface area is 108 Å². The molecule has 2 aromatic rings. The van der Waals surface area contributed by atoms with E-state index in [4.69, 9.17) is 16.7 Å². The molecule has 1 aromatic heterocycles. The Bertz CT molecular complexity index is 583. The molecule has 2 rings (SSSR count). The van der Waals surface area contributed by atoms with Crippen molar-refractivity contribution in [2.45, 2.75) is 6.61 Å². The van der Waals surface area contributed by atoms with Gasteiger partial charge in [-0.25, -0.2) is 14.5 Å². The molecule has 0 aliphatic carbocycles. The average molecular weight is 268 g/mol. The third-order valence-electron chi connectivity index (χ3n) is 2.33. The Morgan fingerprint density at radius 3 is 2.94 bits per heavy atom. The molecule has 1 N–H and O–H groups in total. The third-order valence-corrected chi connectivity index (χ3v) is 2.68. The van der Waals surface area contributed by atoms with E-state index in [1.807, 2.05) is 0 Å². The fourth-order valence-corrected chi connectivity index (χ4v) is 1.61. The maximum atomic E-state index is 11.2. The van der Waals surface area contributed by atoms with Crippen LogP contribution in [0.4, 0.5) is 0 Å². The Morgan fingerprint density at radius 2 is 2.33 bits per heavy atom. The summed E-state index contributed by atoms with van der Waals surface area (Å²) in [6, 6.07) is 5.02. The van der Waals surface area contributed by atoms with E-state index < -0.39 is 5.97 Å². The summed E-state index contributed by atoms with van der Waals surface area (Å²) in [6.07, 6.45) is 1.39. The molecule has 1 aromatic carbocycles. The lowest BCUT2D eigenvalue weighted by atomic mass is 10.2. The SMILES string of the molecule is COC(=O)c1ncn(-c2ccc(CO)c(Cl)c2)n1. The molecular formula is C11H10ClN3O3. The molecule has 94 valence electrons. The van der Waals surface area contributed by atoms with Crippen LogP contribution in [0.2, 0.25) is 5.02 Å². The Morgan fingerprint density at radius 1 is 1.56 bits per heavy atom. The molecule has 0 unspecified atom stereocenters. The molecule has 0 spiro atoms. The second-order valence-electron chi connectivity index (χ2n) is 3.44. The number of esters is 1. The van der Waals surface area contributed by atoms with Crippen molar-refractivity contribution in [1.29, 1.82) is 0 Å². The Balaban J connectivity index is 2.34. The van der Waals surface area contributed by atoms with Crippen molar-refractivity contribution >= 4 is 17.6 Å². The number of carbonyl (C=O) groups is 1. The van der Waals surface area contributed by atoms with E-state index >= 15 is 0 Å². The van der Waals surface area contributed by atoms with E-state index in [0.29, 0.717) is 16.3 Å². The molecule has 0 bridgehead atoms. The summed E-state index contributed by atoms with van der Waals surface area (Å²) in [5.74, 6) is -0.633. The number of aromatic nitrogens is 3. The fourth-order valence-electron chi connectivity index (χ4n) is 1.38. The van der Waals surface area contributed by atoms with Gasteiger partial charge in [0.2, 0.25) is 0 Å². The second kappa shape index (κ2) is 5.16. The number of methoxy groups -OCH3 is 1. The molecule has 0 saturated heterocycles. The zero-order valence-corrected chi connectivity index (χ0v) is 10.3. The minimum Gasteiger partial charge on any atom is -0.463 e. The fraction of sp³-hybridized carbons (Fsp3) is 0.182. The van der Waals surface area contributed by atoms with E-state index in [-0.39, 0.29) is 12.4 Å². The number of aliphatic hydroxyl groups is 1. The van der Waals surface area contributed by atoms with Crippen molar-refractivity contribution in [2.75, 3.05) is 7.11 Å². The van der Waals surface area contributed by atoms with Gasteiger partial charge in [-0.15, -0.1) is 5.10 Å². The lowest BCUT2D eigenvalue weighted by molar-refractivity contribution is 0.0587. The van der Waals surface area contributed by atoms with Gasteiger partial charge in [0.05, 0.1) is 19.4 Å². The summed E-state index contributed by atoms with van der Waals surface area (Å²) < 4.78 is 5.91. The Hall–Kier alpha value is -1.92. The molecule has 7 heteroatoms. The number of nitrogens with zero attached hydrogens (tertiary/aromatic N) is 3. The van der Waals surface area contributed by atoms with Gasteiger partial charge in [-0.2, -0.15) is 0 Å². The molecule has 0 aliphatic rings. The molecule has 18 heavy (non-hydrogen) atoms. The summed E-state index contributed by atoms with van der Waals surface area (Å²) in [5.41, 5.74) is 1.26. The largest absolute Gasteiger partial charge is 0.463 e. The van der Waals surface area contributed by atoms with Crippen LogP contribution in [-0.2, 0) is 11.3 Å². The molecule has 0 atom stereocenters. The molecule has 0 saturated carbocycles. The van der Waals surface area contributed by atoms with Gasteiger partial charge < -0.3 is 9.84 Å². The lowest BCUT2D eigenvalue weighted by Gasteiger charge is -2.04. The molecule has 0 radical (unpaired) electrons. The van der Waals surface area contributed by atoms with Crippen molar-refractivity contribution < 1.29 is 14.6 Å². The van der Waals surface area contributed by atoms with Gasteiger partial charge in [0.25, 0.3) is 5.82 Å². The molecule has 0 fully saturated rings. The highest BCUT2D eigenvalue weighted by atomic mass is 35.5. The topological polar surface area (TPSA) is 77.2 Å². The monoisotopic (exact) mass is 267 g/mol. The zero-order valence-electron chi connectivity index (χ0n) is 9.50. The van der Waals surface area contributed by atoms with Crippen LogP contribution in [0.15, 0.2) is 24.5 Å². The van der Waals surface area contributed by atoms with Crippen molar-refractivity contribution in [3.8, 4) is 5.69 Å². The highest BCUT2D eigenvalue weighted by Crippen LogP contribution is 2.19. The minimum absolute atomic E-state index is 0.0279. The van der Waals surface area contributed by atoms with Crippen molar-refractivity contribution in [2.24, 2.45) is 0 Å². The first kappa shape index (κ1) is 12.5. The Kier molecular flexibility index (Phi) is 3.59. The number of hydrogen-bond donors (Lipinski definition) is 1. The summed E-state index contributed by atoms with van der Waals surface area (Å²) in [6.45, 7) is -0.135. The van der Waals surface area contributed by atoms with Crippen LogP contribution in [-0.4, -0.2) is 33.0 Å². The van der Waals surface area contributed by atoms with Gasteiger partial charge >= 0.3 is 5.97 Å². The van der Waals surface area contributed by atoms with Crippen LogP contribution in [0.25, 0.3) is 5.69 Å². The first-order chi connectivity index (χ1) is 8.65. The number of rotatable bonds is 3. The quantitative estimate of drug-likeness (QED) is 0.846. The van der Waals surface area contributed by atoms with Gasteiger partial charge in [-0.1, -0.05) is 17.7 Å². The second-order valence-corrected chi connectivity index (χ2v) is 3.85. The van der Waals surface area contributed by atoms with Gasteiger partial charge in [-0.05, 0) is 17.7 Å². The van der Waals surface area contributed by atoms with Crippen molar-refractivity contribution in [3.63, 3.8) is 0 Å². The van der Waals surface area contributed by atoms with Crippen LogP contribution >= 0.6 is 11.6 Å².